The summed E-state index contributed by atoms with van der Waals surface area (Å²) in [6, 6.07) is 29.1. The largest absolute Gasteiger partial charge is 0.352 e. The van der Waals surface area contributed by atoms with Crippen LogP contribution in [0.3, 0.4) is 0 Å². The molecule has 1 N–H and O–H groups in total. The Morgan fingerprint density at radius 2 is 1.54 bits per heavy atom. The number of amides is 2. The molecule has 2 amide bonds. The third kappa shape index (κ3) is 8.57. The van der Waals surface area contributed by atoms with E-state index in [0.717, 1.165) is 51.2 Å². The summed E-state index contributed by atoms with van der Waals surface area (Å²) in [6.07, 6.45) is 4.15. The molecule has 1 saturated carbocycles. The van der Waals surface area contributed by atoms with Crippen LogP contribution in [-0.4, -0.2) is 43.8 Å². The third-order valence-electron chi connectivity index (χ3n) is 8.22. The molecule has 1 aliphatic carbocycles. The Hall–Kier alpha value is -3.66. The fraction of sp³-hybridized carbons (Fsp3) is 0.278. The lowest BCUT2D eigenvalue weighted by Gasteiger charge is -2.34. The number of anilines is 1. The topological polar surface area (TPSA) is 86.8 Å². The molecule has 0 radical (unpaired) electrons. The molecule has 5 rings (SSSR count). The van der Waals surface area contributed by atoms with Gasteiger partial charge in [-0.2, -0.15) is 0 Å². The molecule has 0 aromatic heterocycles. The van der Waals surface area contributed by atoms with Crippen molar-refractivity contribution in [2.75, 3.05) is 10.8 Å². The molecule has 7 nitrogen and oxygen atoms in total. The number of hydrogen-bond acceptors (Lipinski definition) is 4. The highest BCUT2D eigenvalue weighted by Crippen LogP contribution is 2.27. The number of hydrogen-bond donors (Lipinski definition) is 1. The molecule has 10 heteroatoms. The molecule has 1 fully saturated rings. The summed E-state index contributed by atoms with van der Waals surface area (Å²) in [7, 11) is -4.20. The zero-order valence-corrected chi connectivity index (χ0v) is 28.8. The first-order chi connectivity index (χ1) is 22.1. The first kappa shape index (κ1) is 33.7. The van der Waals surface area contributed by atoms with Gasteiger partial charge < -0.3 is 10.2 Å². The standard InChI is InChI=1S/C36H37BrClN3O4S/c1-26-14-18-32(19-15-26)41(46(44,45)33-20-16-30(38)17-21-33)25-35(42)40(24-28-10-7-11-29(37)22-28)34(23-27-8-3-2-4-9-27)36(43)39-31-12-5-6-13-31/h2-4,7-11,14-22,31,34H,5-6,12-13,23-25H2,1H3,(H,39,43)/t34-/m1/s1. The second-order valence-electron chi connectivity index (χ2n) is 11.6. The fourth-order valence-corrected chi connectivity index (χ4v) is 7.71. The molecule has 0 aliphatic heterocycles. The van der Waals surface area contributed by atoms with Crippen molar-refractivity contribution >= 4 is 55.1 Å². The van der Waals surface area contributed by atoms with Crippen molar-refractivity contribution in [2.45, 2.75) is 62.6 Å². The predicted molar refractivity (Wildman–Crippen MR) is 186 cm³/mol. The lowest BCUT2D eigenvalue weighted by atomic mass is 10.0. The molecule has 0 bridgehead atoms. The van der Waals surface area contributed by atoms with E-state index in [1.165, 1.54) is 29.2 Å². The number of rotatable bonds is 12. The Balaban J connectivity index is 1.56. The van der Waals surface area contributed by atoms with Gasteiger partial charge in [-0.05, 0) is 79.4 Å². The fourth-order valence-electron chi connectivity index (χ4n) is 5.73. The maximum atomic E-state index is 14.6. The summed E-state index contributed by atoms with van der Waals surface area (Å²) in [4.78, 5) is 30.2. The van der Waals surface area contributed by atoms with E-state index in [1.807, 2.05) is 61.5 Å². The lowest BCUT2D eigenvalue weighted by Crippen LogP contribution is -2.54. The van der Waals surface area contributed by atoms with Crippen molar-refractivity contribution in [2.24, 2.45) is 0 Å². The maximum Gasteiger partial charge on any atom is 0.264 e. The van der Waals surface area contributed by atoms with Crippen LogP contribution in [0.4, 0.5) is 5.69 Å². The second kappa shape index (κ2) is 15.3. The maximum absolute atomic E-state index is 14.6. The Morgan fingerprint density at radius 1 is 0.891 bits per heavy atom. The summed E-state index contributed by atoms with van der Waals surface area (Å²) < 4.78 is 30.2. The van der Waals surface area contributed by atoms with Gasteiger partial charge in [0.15, 0.2) is 0 Å². The highest BCUT2D eigenvalue weighted by molar-refractivity contribution is 9.10. The van der Waals surface area contributed by atoms with Crippen LogP contribution in [-0.2, 0) is 32.6 Å². The summed E-state index contributed by atoms with van der Waals surface area (Å²) in [6.45, 7) is 1.50. The molecule has 1 aliphatic rings. The number of carbonyl (C=O) groups excluding carboxylic acids is 2. The van der Waals surface area contributed by atoms with Gasteiger partial charge in [-0.3, -0.25) is 13.9 Å². The van der Waals surface area contributed by atoms with Gasteiger partial charge in [0.1, 0.15) is 12.6 Å². The van der Waals surface area contributed by atoms with E-state index in [2.05, 4.69) is 21.2 Å². The first-order valence-corrected chi connectivity index (χ1v) is 17.9. The second-order valence-corrected chi connectivity index (χ2v) is 14.9. The average molecular weight is 723 g/mol. The van der Waals surface area contributed by atoms with Gasteiger partial charge in [0, 0.05) is 28.5 Å². The van der Waals surface area contributed by atoms with Gasteiger partial charge in [-0.1, -0.05) is 101 Å². The van der Waals surface area contributed by atoms with Gasteiger partial charge in [-0.15, -0.1) is 0 Å². The van der Waals surface area contributed by atoms with E-state index in [4.69, 9.17) is 11.6 Å². The molecular formula is C36H37BrClN3O4S. The van der Waals surface area contributed by atoms with Gasteiger partial charge in [-0.25, -0.2) is 8.42 Å². The molecule has 0 spiro atoms. The summed E-state index contributed by atoms with van der Waals surface area (Å²) >= 11 is 9.59. The minimum atomic E-state index is -4.20. The van der Waals surface area contributed by atoms with Crippen molar-refractivity contribution in [3.05, 3.63) is 129 Å². The van der Waals surface area contributed by atoms with Crippen molar-refractivity contribution in [1.82, 2.24) is 10.2 Å². The number of aryl methyl sites for hydroxylation is 1. The van der Waals surface area contributed by atoms with Crippen LogP contribution in [0.25, 0.3) is 0 Å². The van der Waals surface area contributed by atoms with Crippen LogP contribution in [0, 0.1) is 6.92 Å². The number of nitrogens with one attached hydrogen (secondary N) is 1. The van der Waals surface area contributed by atoms with E-state index in [-0.39, 0.29) is 29.8 Å². The van der Waals surface area contributed by atoms with Gasteiger partial charge in [0.05, 0.1) is 10.6 Å². The van der Waals surface area contributed by atoms with Crippen LogP contribution in [0.15, 0.2) is 112 Å². The molecule has 0 heterocycles. The SMILES string of the molecule is Cc1ccc(N(CC(=O)N(Cc2cccc(Br)c2)[C@H](Cc2ccccc2)C(=O)NC2CCCC2)S(=O)(=O)c2ccc(Cl)cc2)cc1. The predicted octanol–water partition coefficient (Wildman–Crippen LogP) is 7.31. The van der Waals surface area contributed by atoms with E-state index in [1.54, 1.807) is 24.3 Å². The van der Waals surface area contributed by atoms with Crippen LogP contribution in [0.5, 0.6) is 0 Å². The minimum absolute atomic E-state index is 0.00336. The summed E-state index contributed by atoms with van der Waals surface area (Å²) in [5.41, 5.74) is 2.98. The Morgan fingerprint density at radius 3 is 2.20 bits per heavy atom. The quantitative estimate of drug-likeness (QED) is 0.166. The Labute approximate surface area is 284 Å². The van der Waals surface area contributed by atoms with Crippen molar-refractivity contribution < 1.29 is 18.0 Å². The number of carbonyl (C=O) groups is 2. The van der Waals surface area contributed by atoms with Crippen LogP contribution in [0.1, 0.15) is 42.4 Å². The summed E-state index contributed by atoms with van der Waals surface area (Å²) in [5.74, 6) is -0.748. The number of sulfonamides is 1. The van der Waals surface area contributed by atoms with Gasteiger partial charge in [0.25, 0.3) is 10.0 Å². The Bertz CT molecular complexity index is 1750. The van der Waals surface area contributed by atoms with Crippen LogP contribution < -0.4 is 9.62 Å². The molecule has 240 valence electrons. The van der Waals surface area contributed by atoms with Gasteiger partial charge >= 0.3 is 0 Å². The third-order valence-corrected chi connectivity index (χ3v) is 10.8. The van der Waals surface area contributed by atoms with Crippen molar-refractivity contribution in [3.63, 3.8) is 0 Å². The molecule has 4 aromatic carbocycles. The highest BCUT2D eigenvalue weighted by atomic mass is 79.9. The molecule has 1 atom stereocenters. The van der Waals surface area contributed by atoms with Crippen LogP contribution >= 0.6 is 27.5 Å². The minimum Gasteiger partial charge on any atom is -0.352 e. The smallest absolute Gasteiger partial charge is 0.264 e. The van der Waals surface area contributed by atoms with E-state index in [9.17, 15) is 18.0 Å². The zero-order valence-electron chi connectivity index (χ0n) is 25.6. The Kier molecular flexibility index (Phi) is 11.2. The van der Waals surface area contributed by atoms with E-state index in [0.29, 0.717) is 10.7 Å². The zero-order chi connectivity index (χ0) is 32.7. The number of nitrogens with zero attached hydrogens (tertiary/aromatic N) is 2. The van der Waals surface area contributed by atoms with E-state index >= 15 is 0 Å². The lowest BCUT2D eigenvalue weighted by molar-refractivity contribution is -0.140. The molecule has 46 heavy (non-hydrogen) atoms. The normalized spacial score (nSPS) is 14.1. The van der Waals surface area contributed by atoms with Crippen molar-refractivity contribution in [1.29, 1.82) is 0 Å². The van der Waals surface area contributed by atoms with E-state index < -0.39 is 28.5 Å². The van der Waals surface area contributed by atoms with Gasteiger partial charge in [0.2, 0.25) is 11.8 Å². The van der Waals surface area contributed by atoms with Crippen LogP contribution in [0.2, 0.25) is 5.02 Å². The molecule has 0 unspecified atom stereocenters. The highest BCUT2D eigenvalue weighted by Gasteiger charge is 2.35. The number of benzene rings is 4. The molecule has 0 saturated heterocycles. The molecule has 4 aromatic rings. The summed E-state index contributed by atoms with van der Waals surface area (Å²) in [5, 5.41) is 3.60. The van der Waals surface area contributed by atoms with Crippen molar-refractivity contribution in [3.8, 4) is 0 Å². The monoisotopic (exact) mass is 721 g/mol. The first-order valence-electron chi connectivity index (χ1n) is 15.3. The average Bonchev–Trinajstić information content (AvgIpc) is 3.55. The molecular weight excluding hydrogens is 686 g/mol. The number of halogens is 2.